The van der Waals surface area contributed by atoms with E-state index < -0.39 is 0 Å². The Morgan fingerprint density at radius 2 is 2.32 bits per heavy atom. The maximum Gasteiger partial charge on any atom is 0.195 e. The summed E-state index contributed by atoms with van der Waals surface area (Å²) in [7, 11) is 0. The summed E-state index contributed by atoms with van der Waals surface area (Å²) in [6.45, 7) is 3.28. The van der Waals surface area contributed by atoms with Crippen molar-refractivity contribution in [2.45, 2.75) is 32.7 Å². The third kappa shape index (κ3) is 2.61. The molecular weight excluding hydrogens is 256 g/mol. The molecule has 2 atom stereocenters. The van der Waals surface area contributed by atoms with Crippen LogP contribution in [-0.2, 0) is 6.54 Å². The predicted molar refractivity (Wildman–Crippen MR) is 77.1 cm³/mol. The highest BCUT2D eigenvalue weighted by molar-refractivity contribution is 7.71. The summed E-state index contributed by atoms with van der Waals surface area (Å²) in [6.07, 6.45) is 5.69. The summed E-state index contributed by atoms with van der Waals surface area (Å²) < 4.78 is 2.79. The van der Waals surface area contributed by atoms with Gasteiger partial charge in [-0.3, -0.25) is 14.6 Å². The van der Waals surface area contributed by atoms with Crippen molar-refractivity contribution < 1.29 is 0 Å². The second-order valence-corrected chi connectivity index (χ2v) is 5.85. The van der Waals surface area contributed by atoms with Crippen molar-refractivity contribution in [3.05, 3.63) is 29.2 Å². The zero-order chi connectivity index (χ0) is 13.2. The van der Waals surface area contributed by atoms with Crippen LogP contribution in [-0.4, -0.2) is 19.7 Å². The summed E-state index contributed by atoms with van der Waals surface area (Å²) in [4.78, 5) is 4.36. The molecule has 2 aromatic rings. The lowest BCUT2D eigenvalue weighted by Gasteiger charge is -2.12. The fourth-order valence-electron chi connectivity index (χ4n) is 2.93. The third-order valence-corrected chi connectivity index (χ3v) is 4.21. The minimum atomic E-state index is 0.695. The first-order valence-electron chi connectivity index (χ1n) is 6.80. The van der Waals surface area contributed by atoms with E-state index in [9.17, 15) is 0 Å². The molecule has 2 heterocycles. The standard InChI is InChI=1S/C14H18N4S/c1-10-5-6-11(8-10)9-18-13(16-17-14(18)19)12-4-2-3-7-15-12/h2-4,7,10-11H,5-6,8-9H2,1H3,(H,17,19). The molecule has 0 aliphatic heterocycles. The lowest BCUT2D eigenvalue weighted by atomic mass is 10.1. The average Bonchev–Trinajstić information content (AvgIpc) is 2.99. The van der Waals surface area contributed by atoms with Crippen LogP contribution in [0.5, 0.6) is 0 Å². The molecule has 1 aliphatic carbocycles. The lowest BCUT2D eigenvalue weighted by molar-refractivity contribution is 0.440. The molecule has 0 radical (unpaired) electrons. The van der Waals surface area contributed by atoms with E-state index in [-0.39, 0.29) is 0 Å². The Morgan fingerprint density at radius 1 is 1.42 bits per heavy atom. The predicted octanol–water partition coefficient (Wildman–Crippen LogP) is 3.44. The van der Waals surface area contributed by atoms with Gasteiger partial charge in [0.1, 0.15) is 5.69 Å². The van der Waals surface area contributed by atoms with Gasteiger partial charge in [-0.1, -0.05) is 19.4 Å². The van der Waals surface area contributed by atoms with E-state index >= 15 is 0 Å². The Morgan fingerprint density at radius 3 is 3.00 bits per heavy atom. The van der Waals surface area contributed by atoms with Gasteiger partial charge in [0, 0.05) is 12.7 Å². The molecule has 4 nitrogen and oxygen atoms in total. The Kier molecular flexibility index (Phi) is 3.46. The van der Waals surface area contributed by atoms with Crippen LogP contribution < -0.4 is 0 Å². The summed E-state index contributed by atoms with van der Waals surface area (Å²) in [5.41, 5.74) is 0.876. The van der Waals surface area contributed by atoms with Crippen molar-refractivity contribution in [3.63, 3.8) is 0 Å². The van der Waals surface area contributed by atoms with Gasteiger partial charge in [0.15, 0.2) is 10.6 Å². The van der Waals surface area contributed by atoms with Crippen molar-refractivity contribution in [2.75, 3.05) is 0 Å². The van der Waals surface area contributed by atoms with Crippen molar-refractivity contribution >= 4 is 12.2 Å². The zero-order valence-corrected chi connectivity index (χ0v) is 11.9. The number of rotatable bonds is 3. The van der Waals surface area contributed by atoms with Gasteiger partial charge >= 0.3 is 0 Å². The van der Waals surface area contributed by atoms with Crippen molar-refractivity contribution in [1.82, 2.24) is 19.7 Å². The average molecular weight is 274 g/mol. The first-order chi connectivity index (χ1) is 9.24. The van der Waals surface area contributed by atoms with E-state index in [1.165, 1.54) is 19.3 Å². The Bertz CT molecular complexity index is 601. The van der Waals surface area contributed by atoms with Crippen LogP contribution in [0.25, 0.3) is 11.5 Å². The number of hydrogen-bond acceptors (Lipinski definition) is 3. The molecule has 0 amide bonds. The molecular formula is C14H18N4S. The highest BCUT2D eigenvalue weighted by Crippen LogP contribution is 2.32. The van der Waals surface area contributed by atoms with E-state index in [2.05, 4.69) is 26.7 Å². The van der Waals surface area contributed by atoms with E-state index in [1.807, 2.05) is 18.2 Å². The quantitative estimate of drug-likeness (QED) is 0.872. The molecule has 2 aromatic heterocycles. The van der Waals surface area contributed by atoms with Gasteiger partial charge in [-0.2, -0.15) is 5.10 Å². The largest absolute Gasteiger partial charge is 0.299 e. The molecule has 5 heteroatoms. The Balaban J connectivity index is 1.89. The maximum absolute atomic E-state index is 5.35. The van der Waals surface area contributed by atoms with Gasteiger partial charge in [-0.05, 0) is 49.0 Å². The van der Waals surface area contributed by atoms with Crippen LogP contribution in [0, 0.1) is 16.6 Å². The molecule has 0 aromatic carbocycles. The highest BCUT2D eigenvalue weighted by atomic mass is 32.1. The molecule has 100 valence electrons. The normalized spacial score (nSPS) is 22.8. The Hall–Kier alpha value is -1.49. The lowest BCUT2D eigenvalue weighted by Crippen LogP contribution is -2.10. The number of nitrogens with one attached hydrogen (secondary N) is 1. The molecule has 1 fully saturated rings. The van der Waals surface area contributed by atoms with Crippen LogP contribution in [0.3, 0.4) is 0 Å². The minimum Gasteiger partial charge on any atom is -0.299 e. The number of aromatic amines is 1. The molecule has 0 saturated heterocycles. The zero-order valence-electron chi connectivity index (χ0n) is 11.0. The third-order valence-electron chi connectivity index (χ3n) is 3.90. The molecule has 0 spiro atoms. The topological polar surface area (TPSA) is 46.5 Å². The monoisotopic (exact) mass is 274 g/mol. The van der Waals surface area contributed by atoms with Crippen molar-refractivity contribution in [2.24, 2.45) is 11.8 Å². The van der Waals surface area contributed by atoms with Crippen molar-refractivity contribution in [1.29, 1.82) is 0 Å². The van der Waals surface area contributed by atoms with Crippen LogP contribution in [0.15, 0.2) is 24.4 Å². The number of pyridine rings is 1. The van der Waals surface area contributed by atoms with E-state index in [4.69, 9.17) is 12.2 Å². The maximum atomic E-state index is 5.35. The summed E-state index contributed by atoms with van der Waals surface area (Å²) in [6, 6.07) is 5.86. The van der Waals surface area contributed by atoms with Crippen LogP contribution in [0.2, 0.25) is 0 Å². The molecule has 1 N–H and O–H groups in total. The number of nitrogens with zero attached hydrogens (tertiary/aromatic N) is 3. The first-order valence-corrected chi connectivity index (χ1v) is 7.21. The molecule has 3 rings (SSSR count). The summed E-state index contributed by atoms with van der Waals surface area (Å²) in [5, 5.41) is 7.23. The second kappa shape index (κ2) is 5.25. The highest BCUT2D eigenvalue weighted by Gasteiger charge is 2.23. The van der Waals surface area contributed by atoms with Gasteiger partial charge < -0.3 is 0 Å². The van der Waals surface area contributed by atoms with Gasteiger partial charge in [-0.15, -0.1) is 0 Å². The van der Waals surface area contributed by atoms with E-state index in [0.717, 1.165) is 24.0 Å². The molecule has 19 heavy (non-hydrogen) atoms. The first kappa shape index (κ1) is 12.5. The summed E-state index contributed by atoms with van der Waals surface area (Å²) >= 11 is 5.35. The van der Waals surface area contributed by atoms with E-state index in [0.29, 0.717) is 10.7 Å². The smallest absolute Gasteiger partial charge is 0.195 e. The number of H-pyrrole nitrogens is 1. The van der Waals surface area contributed by atoms with Crippen molar-refractivity contribution in [3.8, 4) is 11.5 Å². The number of hydrogen-bond donors (Lipinski definition) is 1. The molecule has 0 bridgehead atoms. The fourth-order valence-corrected chi connectivity index (χ4v) is 3.13. The van der Waals surface area contributed by atoms with Gasteiger partial charge in [0.2, 0.25) is 0 Å². The molecule has 1 aliphatic rings. The van der Waals surface area contributed by atoms with Gasteiger partial charge in [0.05, 0.1) is 0 Å². The fraction of sp³-hybridized carbons (Fsp3) is 0.500. The van der Waals surface area contributed by atoms with Crippen LogP contribution in [0.1, 0.15) is 26.2 Å². The Labute approximate surface area is 117 Å². The SMILES string of the molecule is CC1CCC(Cn2c(-c3ccccn3)n[nH]c2=S)C1. The molecule has 1 saturated carbocycles. The van der Waals surface area contributed by atoms with Crippen LogP contribution >= 0.6 is 12.2 Å². The summed E-state index contributed by atoms with van der Waals surface area (Å²) in [5.74, 6) is 2.40. The van der Waals surface area contributed by atoms with Gasteiger partial charge in [0.25, 0.3) is 0 Å². The van der Waals surface area contributed by atoms with E-state index in [1.54, 1.807) is 6.20 Å². The van der Waals surface area contributed by atoms with Gasteiger partial charge in [-0.25, -0.2) is 0 Å². The second-order valence-electron chi connectivity index (χ2n) is 5.46. The van der Waals surface area contributed by atoms with Crippen LogP contribution in [0.4, 0.5) is 0 Å². The number of aromatic nitrogens is 4. The molecule has 2 unspecified atom stereocenters. The minimum absolute atomic E-state index is 0.695.